The van der Waals surface area contributed by atoms with Gasteiger partial charge >= 0.3 is 5.97 Å². The highest BCUT2D eigenvalue weighted by Gasteiger charge is 2.31. The second-order valence-electron chi connectivity index (χ2n) is 8.64. The minimum Gasteiger partial charge on any atom is -0.497 e. The molecule has 178 valence electrons. The molecule has 34 heavy (non-hydrogen) atoms. The van der Waals surface area contributed by atoms with Crippen LogP contribution in [0.2, 0.25) is 0 Å². The molecule has 7 nitrogen and oxygen atoms in total. The summed E-state index contributed by atoms with van der Waals surface area (Å²) in [5.74, 6) is 6.43. The Hall–Kier alpha value is -3.44. The lowest BCUT2D eigenvalue weighted by Gasteiger charge is -2.37. The number of ether oxygens (including phenoxy) is 1. The molecule has 3 atom stereocenters. The molecule has 0 radical (unpaired) electrons. The highest BCUT2D eigenvalue weighted by Crippen LogP contribution is 2.36. The summed E-state index contributed by atoms with van der Waals surface area (Å²) in [6.07, 6.45) is 5.22. The Morgan fingerprint density at radius 1 is 1.38 bits per heavy atom. The first kappa shape index (κ1) is 23.7. The van der Waals surface area contributed by atoms with Crippen molar-refractivity contribution in [3.8, 4) is 17.6 Å². The van der Waals surface area contributed by atoms with Gasteiger partial charge in [0.25, 0.3) is 0 Å². The molecule has 0 unspecified atom stereocenters. The first-order valence-electron chi connectivity index (χ1n) is 11.4. The number of likely N-dealkylation sites (tertiary alicyclic amines) is 1. The minimum atomic E-state index is -1.16. The number of methoxy groups -OCH3 is 1. The quantitative estimate of drug-likeness (QED) is 0.491. The molecular weight excluding hydrogens is 437 g/mol. The van der Waals surface area contributed by atoms with Gasteiger partial charge in [0.2, 0.25) is 0 Å². The number of piperidine rings is 1. The summed E-state index contributed by atoms with van der Waals surface area (Å²) in [5.41, 5.74) is 1.32. The van der Waals surface area contributed by atoms with Crippen LogP contribution < -0.4 is 4.74 Å². The molecule has 1 N–H and O–H groups in total. The van der Waals surface area contributed by atoms with E-state index in [0.717, 1.165) is 23.9 Å². The SMILES string of the molecule is COc1ccc2nccc([C@H](F)CC[C@@H]3CCN(CC#Cc4cnco4)C[C@@H]3CC(=O)O)c2c1. The Bertz CT molecular complexity index is 1170. The summed E-state index contributed by atoms with van der Waals surface area (Å²) in [6.45, 7) is 1.96. The summed E-state index contributed by atoms with van der Waals surface area (Å²) in [6, 6.07) is 7.17. The van der Waals surface area contributed by atoms with Crippen molar-refractivity contribution in [1.29, 1.82) is 0 Å². The number of oxazole rings is 1. The zero-order valence-corrected chi connectivity index (χ0v) is 19.1. The van der Waals surface area contributed by atoms with Crippen molar-refractivity contribution >= 4 is 16.9 Å². The van der Waals surface area contributed by atoms with Crippen LogP contribution in [0.1, 0.15) is 43.2 Å². The molecule has 0 saturated carbocycles. The largest absolute Gasteiger partial charge is 0.497 e. The van der Waals surface area contributed by atoms with Crippen LogP contribution in [-0.4, -0.2) is 52.7 Å². The van der Waals surface area contributed by atoms with Gasteiger partial charge in [0.1, 0.15) is 11.9 Å². The van der Waals surface area contributed by atoms with Gasteiger partial charge in [-0.3, -0.25) is 14.7 Å². The summed E-state index contributed by atoms with van der Waals surface area (Å²) in [4.78, 5) is 21.8. The first-order chi connectivity index (χ1) is 16.5. The summed E-state index contributed by atoms with van der Waals surface area (Å²) < 4.78 is 25.8. The van der Waals surface area contributed by atoms with E-state index in [1.807, 2.05) is 18.2 Å². The Labute approximate surface area is 198 Å². The predicted molar refractivity (Wildman–Crippen MR) is 125 cm³/mol. The second-order valence-corrected chi connectivity index (χ2v) is 8.64. The second kappa shape index (κ2) is 11.1. The number of benzene rings is 1. The zero-order chi connectivity index (χ0) is 23.9. The molecule has 0 spiro atoms. The number of carboxylic acid groups (broad SMARTS) is 1. The number of aliphatic carboxylic acids is 1. The lowest BCUT2D eigenvalue weighted by Crippen LogP contribution is -2.41. The highest BCUT2D eigenvalue weighted by molar-refractivity contribution is 5.83. The lowest BCUT2D eigenvalue weighted by molar-refractivity contribution is -0.139. The molecule has 1 saturated heterocycles. The molecular formula is C26H28FN3O4. The molecule has 0 aliphatic carbocycles. The third kappa shape index (κ3) is 5.91. The van der Waals surface area contributed by atoms with Crippen LogP contribution in [0, 0.1) is 23.7 Å². The van der Waals surface area contributed by atoms with Gasteiger partial charge in [-0.05, 0) is 73.4 Å². The smallest absolute Gasteiger partial charge is 0.303 e. The van der Waals surface area contributed by atoms with Crippen LogP contribution in [-0.2, 0) is 4.79 Å². The number of fused-ring (bicyclic) bond motifs is 1. The van der Waals surface area contributed by atoms with Gasteiger partial charge in [-0.25, -0.2) is 9.37 Å². The number of halogens is 1. The van der Waals surface area contributed by atoms with Gasteiger partial charge in [0.15, 0.2) is 12.2 Å². The van der Waals surface area contributed by atoms with Gasteiger partial charge in [-0.2, -0.15) is 0 Å². The van der Waals surface area contributed by atoms with Crippen LogP contribution in [0.3, 0.4) is 0 Å². The fourth-order valence-electron chi connectivity index (χ4n) is 4.71. The zero-order valence-electron chi connectivity index (χ0n) is 19.1. The Morgan fingerprint density at radius 3 is 3.03 bits per heavy atom. The maximum atomic E-state index is 15.4. The molecule has 2 aromatic heterocycles. The monoisotopic (exact) mass is 465 g/mol. The average molecular weight is 466 g/mol. The fourth-order valence-corrected chi connectivity index (χ4v) is 4.71. The normalized spacial score (nSPS) is 19.4. The van der Waals surface area contributed by atoms with E-state index in [4.69, 9.17) is 9.15 Å². The summed E-state index contributed by atoms with van der Waals surface area (Å²) >= 11 is 0. The van der Waals surface area contributed by atoms with E-state index >= 15 is 4.39 Å². The van der Waals surface area contributed by atoms with Crippen molar-refractivity contribution in [1.82, 2.24) is 14.9 Å². The minimum absolute atomic E-state index is 0.0418. The number of aromatic nitrogens is 2. The van der Waals surface area contributed by atoms with Crippen LogP contribution in [0.15, 0.2) is 47.5 Å². The maximum Gasteiger partial charge on any atom is 0.303 e. The molecule has 4 rings (SSSR count). The van der Waals surface area contributed by atoms with Gasteiger partial charge in [0.05, 0.1) is 25.4 Å². The number of hydrogen-bond donors (Lipinski definition) is 1. The average Bonchev–Trinajstić information content (AvgIpc) is 3.36. The fraction of sp³-hybridized carbons (Fsp3) is 0.423. The molecule has 3 aromatic rings. The van der Waals surface area contributed by atoms with Gasteiger partial charge in [0, 0.05) is 24.5 Å². The number of pyridine rings is 1. The molecule has 0 bridgehead atoms. The van der Waals surface area contributed by atoms with Crippen molar-refractivity contribution in [3.05, 3.63) is 54.4 Å². The van der Waals surface area contributed by atoms with Gasteiger partial charge in [-0.15, -0.1) is 0 Å². The van der Waals surface area contributed by atoms with E-state index in [2.05, 4.69) is 26.7 Å². The standard InChI is InChI=1S/C26H28FN3O4/c1-33-20-5-7-25-23(14-20)22(8-10-29-25)24(27)6-4-18-9-12-30(16-19(18)13-26(31)32)11-2-3-21-15-28-17-34-21/h5,7-8,10,14-15,17-19,24H,4,6,9,11-13,16H2,1H3,(H,31,32)/t18-,19+,24-/m1/s1. The van der Waals surface area contributed by atoms with E-state index in [0.29, 0.717) is 43.0 Å². The van der Waals surface area contributed by atoms with Crippen LogP contribution in [0.5, 0.6) is 5.75 Å². The van der Waals surface area contributed by atoms with Crippen molar-refractivity contribution in [2.75, 3.05) is 26.7 Å². The number of hydrogen-bond acceptors (Lipinski definition) is 6. The van der Waals surface area contributed by atoms with Gasteiger partial charge in [-0.1, -0.05) is 5.92 Å². The van der Waals surface area contributed by atoms with Gasteiger partial charge < -0.3 is 14.3 Å². The summed E-state index contributed by atoms with van der Waals surface area (Å²) in [7, 11) is 1.58. The molecule has 1 aliphatic rings. The highest BCUT2D eigenvalue weighted by atomic mass is 19.1. The van der Waals surface area contributed by atoms with E-state index < -0.39 is 12.1 Å². The third-order valence-electron chi connectivity index (χ3n) is 6.47. The topological polar surface area (TPSA) is 88.7 Å². The third-order valence-corrected chi connectivity index (χ3v) is 6.47. The van der Waals surface area contributed by atoms with Crippen molar-refractivity contribution < 1.29 is 23.4 Å². The van der Waals surface area contributed by atoms with Crippen LogP contribution in [0.4, 0.5) is 4.39 Å². The van der Waals surface area contributed by atoms with Crippen molar-refractivity contribution in [2.45, 2.75) is 31.9 Å². The Kier molecular flexibility index (Phi) is 7.76. The number of alkyl halides is 1. The van der Waals surface area contributed by atoms with Crippen LogP contribution >= 0.6 is 0 Å². The lowest BCUT2D eigenvalue weighted by atomic mass is 9.79. The first-order valence-corrected chi connectivity index (χ1v) is 11.4. The molecule has 8 heteroatoms. The van der Waals surface area contributed by atoms with Crippen molar-refractivity contribution in [3.63, 3.8) is 0 Å². The number of rotatable bonds is 8. The molecule has 3 heterocycles. The maximum absolute atomic E-state index is 15.4. The van der Waals surface area contributed by atoms with Crippen LogP contribution in [0.25, 0.3) is 10.9 Å². The number of carboxylic acids is 1. The predicted octanol–water partition coefficient (Wildman–Crippen LogP) is 4.49. The molecule has 0 amide bonds. The number of nitrogens with zero attached hydrogens (tertiary/aromatic N) is 3. The molecule has 1 aromatic carbocycles. The van der Waals surface area contributed by atoms with Crippen molar-refractivity contribution in [2.24, 2.45) is 11.8 Å². The van der Waals surface area contributed by atoms with E-state index in [1.165, 1.54) is 6.39 Å². The van der Waals surface area contributed by atoms with E-state index in [-0.39, 0.29) is 18.3 Å². The number of carbonyl (C=O) groups is 1. The van der Waals surface area contributed by atoms with E-state index in [1.54, 1.807) is 25.6 Å². The summed E-state index contributed by atoms with van der Waals surface area (Å²) in [5, 5.41) is 10.2. The van der Waals surface area contributed by atoms with E-state index in [9.17, 15) is 9.90 Å². The Morgan fingerprint density at radius 2 is 2.26 bits per heavy atom. The molecule has 1 aliphatic heterocycles. The molecule has 1 fully saturated rings. The Balaban J connectivity index is 1.39.